The minimum Gasteiger partial charge on any atom is -0.480 e. The number of nitrogens with zero attached hydrogens (tertiary/aromatic N) is 2. The number of aliphatic carboxylic acids is 1. The first-order valence-corrected chi connectivity index (χ1v) is 7.76. The van der Waals surface area contributed by atoms with Gasteiger partial charge in [0.2, 0.25) is 0 Å². The van der Waals surface area contributed by atoms with E-state index in [9.17, 15) is 9.59 Å². The molecule has 114 valence electrons. The van der Waals surface area contributed by atoms with E-state index in [0.29, 0.717) is 31.7 Å². The first-order valence-electron chi connectivity index (χ1n) is 6.97. The molecule has 1 saturated heterocycles. The summed E-state index contributed by atoms with van der Waals surface area (Å²) in [6.45, 7) is 4.57. The third-order valence-electron chi connectivity index (χ3n) is 3.65. The predicted octanol–water partition coefficient (Wildman–Crippen LogP) is 1.99. The molecule has 1 aromatic carbocycles. The van der Waals surface area contributed by atoms with Crippen molar-refractivity contribution in [1.82, 2.24) is 9.80 Å². The molecular formula is C15H19BrN2O3. The summed E-state index contributed by atoms with van der Waals surface area (Å²) in [6.07, 6.45) is 0.798. The zero-order valence-electron chi connectivity index (χ0n) is 12.0. The summed E-state index contributed by atoms with van der Waals surface area (Å²) in [7, 11) is 0. The fourth-order valence-electron chi connectivity index (χ4n) is 2.43. The monoisotopic (exact) mass is 354 g/mol. The molecular weight excluding hydrogens is 336 g/mol. The number of hydrogen-bond acceptors (Lipinski definition) is 3. The first-order chi connectivity index (χ1) is 9.97. The van der Waals surface area contributed by atoms with Crippen molar-refractivity contribution < 1.29 is 14.7 Å². The number of amides is 1. The van der Waals surface area contributed by atoms with E-state index >= 15 is 0 Å². The van der Waals surface area contributed by atoms with Gasteiger partial charge in [-0.25, -0.2) is 0 Å². The maximum absolute atomic E-state index is 12.5. The predicted molar refractivity (Wildman–Crippen MR) is 83.5 cm³/mol. The van der Waals surface area contributed by atoms with Gasteiger partial charge in [0, 0.05) is 36.2 Å². The molecule has 1 aliphatic rings. The molecule has 1 aliphatic heterocycles. The van der Waals surface area contributed by atoms with Crippen LogP contribution < -0.4 is 0 Å². The number of rotatable bonds is 3. The molecule has 0 radical (unpaired) electrons. The topological polar surface area (TPSA) is 60.9 Å². The van der Waals surface area contributed by atoms with Crippen molar-refractivity contribution in [3.63, 3.8) is 0 Å². The molecule has 1 aromatic rings. The van der Waals surface area contributed by atoms with Crippen LogP contribution in [0.25, 0.3) is 0 Å². The van der Waals surface area contributed by atoms with Crippen molar-refractivity contribution in [2.24, 2.45) is 0 Å². The van der Waals surface area contributed by atoms with E-state index in [4.69, 9.17) is 5.11 Å². The molecule has 2 rings (SSSR count). The van der Waals surface area contributed by atoms with Crippen LogP contribution in [0.4, 0.5) is 0 Å². The van der Waals surface area contributed by atoms with Crippen LogP contribution in [0.5, 0.6) is 0 Å². The van der Waals surface area contributed by atoms with Crippen LogP contribution in [0.2, 0.25) is 0 Å². The van der Waals surface area contributed by atoms with Crippen LogP contribution in [-0.2, 0) is 4.79 Å². The number of benzene rings is 1. The lowest BCUT2D eigenvalue weighted by Crippen LogP contribution is -2.36. The quantitative estimate of drug-likeness (QED) is 0.901. The van der Waals surface area contributed by atoms with Gasteiger partial charge in [-0.1, -0.05) is 22.0 Å². The molecule has 5 nitrogen and oxygen atoms in total. The largest absolute Gasteiger partial charge is 0.480 e. The average molecular weight is 355 g/mol. The average Bonchev–Trinajstić information content (AvgIpc) is 2.66. The van der Waals surface area contributed by atoms with E-state index in [1.165, 1.54) is 0 Å². The summed E-state index contributed by atoms with van der Waals surface area (Å²) < 4.78 is 0.927. The second-order valence-electron chi connectivity index (χ2n) is 5.28. The number of halogens is 1. The van der Waals surface area contributed by atoms with Gasteiger partial charge in [0.05, 0.1) is 6.54 Å². The van der Waals surface area contributed by atoms with Crippen LogP contribution in [0.15, 0.2) is 22.7 Å². The second-order valence-corrected chi connectivity index (χ2v) is 6.13. The zero-order chi connectivity index (χ0) is 15.4. The Kier molecular flexibility index (Phi) is 5.36. The number of carboxylic acids is 1. The molecule has 6 heteroatoms. The highest BCUT2D eigenvalue weighted by molar-refractivity contribution is 9.10. The SMILES string of the molecule is Cc1ccc(C(=O)N2CCCN(CC(=O)O)CC2)cc1Br. The van der Waals surface area contributed by atoms with Crippen LogP contribution >= 0.6 is 15.9 Å². The van der Waals surface area contributed by atoms with E-state index in [1.807, 2.05) is 30.0 Å². The molecule has 0 aromatic heterocycles. The Hall–Kier alpha value is -1.40. The van der Waals surface area contributed by atoms with Crippen LogP contribution in [0.3, 0.4) is 0 Å². The van der Waals surface area contributed by atoms with Gasteiger partial charge >= 0.3 is 5.97 Å². The summed E-state index contributed by atoms with van der Waals surface area (Å²) in [5.41, 5.74) is 1.76. The smallest absolute Gasteiger partial charge is 0.317 e. The maximum atomic E-state index is 12.5. The van der Waals surface area contributed by atoms with E-state index in [1.54, 1.807) is 4.90 Å². The van der Waals surface area contributed by atoms with Crippen LogP contribution in [-0.4, -0.2) is 59.5 Å². The molecule has 1 N–H and O–H groups in total. The summed E-state index contributed by atoms with van der Waals surface area (Å²) in [5.74, 6) is -0.815. The molecule has 0 aliphatic carbocycles. The standard InChI is InChI=1S/C15H19BrN2O3/c1-11-3-4-12(9-13(11)16)15(21)18-6-2-5-17(7-8-18)10-14(19)20/h3-4,9H,2,5-8,10H2,1H3,(H,19,20). The van der Waals surface area contributed by atoms with E-state index < -0.39 is 5.97 Å². The van der Waals surface area contributed by atoms with E-state index in [2.05, 4.69) is 15.9 Å². The van der Waals surface area contributed by atoms with E-state index in [0.717, 1.165) is 16.5 Å². The summed E-state index contributed by atoms with van der Waals surface area (Å²) in [6, 6.07) is 5.60. The van der Waals surface area contributed by atoms with Gasteiger partial charge in [0.15, 0.2) is 0 Å². The number of carbonyl (C=O) groups excluding carboxylic acids is 1. The highest BCUT2D eigenvalue weighted by Gasteiger charge is 2.21. The third-order valence-corrected chi connectivity index (χ3v) is 4.51. The molecule has 0 saturated carbocycles. The summed E-state index contributed by atoms with van der Waals surface area (Å²) >= 11 is 3.45. The molecule has 0 unspecified atom stereocenters. The van der Waals surface area contributed by atoms with Crippen molar-refractivity contribution in [2.45, 2.75) is 13.3 Å². The van der Waals surface area contributed by atoms with Gasteiger partial charge in [0.1, 0.15) is 0 Å². The summed E-state index contributed by atoms with van der Waals surface area (Å²) in [4.78, 5) is 27.0. The van der Waals surface area contributed by atoms with Crippen molar-refractivity contribution in [3.8, 4) is 0 Å². The molecule has 0 atom stereocenters. The van der Waals surface area contributed by atoms with Gasteiger partial charge in [-0.15, -0.1) is 0 Å². The zero-order valence-corrected chi connectivity index (χ0v) is 13.6. The maximum Gasteiger partial charge on any atom is 0.317 e. The Balaban J connectivity index is 2.02. The fourth-order valence-corrected chi connectivity index (χ4v) is 2.81. The Morgan fingerprint density at radius 1 is 1.24 bits per heavy atom. The molecule has 1 heterocycles. The number of hydrogen-bond donors (Lipinski definition) is 1. The van der Waals surface area contributed by atoms with Crippen molar-refractivity contribution in [1.29, 1.82) is 0 Å². The number of carbonyl (C=O) groups is 2. The number of aryl methyl sites for hydroxylation is 1. The highest BCUT2D eigenvalue weighted by atomic mass is 79.9. The molecule has 0 spiro atoms. The molecule has 0 bridgehead atoms. The third kappa shape index (κ3) is 4.28. The van der Waals surface area contributed by atoms with Crippen LogP contribution in [0, 0.1) is 6.92 Å². The van der Waals surface area contributed by atoms with Gasteiger partial charge in [-0.2, -0.15) is 0 Å². The Morgan fingerprint density at radius 2 is 2.00 bits per heavy atom. The Bertz CT molecular complexity index is 548. The van der Waals surface area contributed by atoms with Crippen molar-refractivity contribution in [2.75, 3.05) is 32.7 Å². The molecule has 1 fully saturated rings. The Labute approximate surface area is 132 Å². The fraction of sp³-hybridized carbons (Fsp3) is 0.467. The minimum absolute atomic E-state index is 0.00729. The van der Waals surface area contributed by atoms with Crippen molar-refractivity contribution in [3.05, 3.63) is 33.8 Å². The second kappa shape index (κ2) is 7.04. The van der Waals surface area contributed by atoms with Gasteiger partial charge in [-0.3, -0.25) is 14.5 Å². The normalized spacial score (nSPS) is 16.6. The highest BCUT2D eigenvalue weighted by Crippen LogP contribution is 2.19. The lowest BCUT2D eigenvalue weighted by Gasteiger charge is -2.21. The molecule has 21 heavy (non-hydrogen) atoms. The van der Waals surface area contributed by atoms with Gasteiger partial charge in [-0.05, 0) is 31.0 Å². The van der Waals surface area contributed by atoms with Crippen LogP contribution in [0.1, 0.15) is 22.3 Å². The number of carboxylic acid groups (broad SMARTS) is 1. The minimum atomic E-state index is -0.822. The lowest BCUT2D eigenvalue weighted by atomic mass is 10.1. The van der Waals surface area contributed by atoms with Crippen molar-refractivity contribution >= 4 is 27.8 Å². The first kappa shape index (κ1) is 16.0. The van der Waals surface area contributed by atoms with Gasteiger partial charge in [0.25, 0.3) is 5.91 Å². The van der Waals surface area contributed by atoms with E-state index in [-0.39, 0.29) is 12.5 Å². The lowest BCUT2D eigenvalue weighted by molar-refractivity contribution is -0.138. The Morgan fingerprint density at radius 3 is 2.67 bits per heavy atom. The van der Waals surface area contributed by atoms with Gasteiger partial charge < -0.3 is 10.0 Å². The molecule has 1 amide bonds. The summed E-state index contributed by atoms with van der Waals surface area (Å²) in [5, 5.41) is 8.84.